The lowest BCUT2D eigenvalue weighted by molar-refractivity contribution is 0.147. The summed E-state index contributed by atoms with van der Waals surface area (Å²) in [7, 11) is 0. The second-order valence-electron chi connectivity index (χ2n) is 3.22. The van der Waals surface area contributed by atoms with E-state index in [9.17, 15) is 0 Å². The Labute approximate surface area is 114 Å². The summed E-state index contributed by atoms with van der Waals surface area (Å²) in [5, 5.41) is 4.44. The predicted molar refractivity (Wildman–Crippen MR) is 73.8 cm³/mol. The number of rotatable bonds is 6. The van der Waals surface area contributed by atoms with Crippen LogP contribution in [0.15, 0.2) is 16.6 Å². The van der Waals surface area contributed by atoms with Crippen molar-refractivity contribution in [3.05, 3.63) is 26.7 Å². The lowest BCUT2D eigenvalue weighted by Gasteiger charge is -2.10. The first-order valence-corrected chi connectivity index (χ1v) is 6.66. The maximum atomic E-state index is 6.07. The molecule has 0 bridgehead atoms. The van der Waals surface area contributed by atoms with Gasteiger partial charge in [0.15, 0.2) is 0 Å². The van der Waals surface area contributed by atoms with Crippen molar-refractivity contribution in [2.75, 3.05) is 25.1 Å². The van der Waals surface area contributed by atoms with Gasteiger partial charge in [0.25, 0.3) is 0 Å². The molecule has 2 nitrogen and oxygen atoms in total. The largest absolute Gasteiger partial charge is 0.383 e. The second-order valence-corrected chi connectivity index (χ2v) is 4.95. The number of hydrogen-bond acceptors (Lipinski definition) is 2. The topological polar surface area (TPSA) is 21.3 Å². The molecular formula is C11H14BrCl2NO. The third-order valence-electron chi connectivity index (χ3n) is 1.98. The quantitative estimate of drug-likeness (QED) is 0.772. The number of halogens is 3. The molecule has 0 unspecified atom stereocenters. The fraction of sp³-hybridized carbons (Fsp3) is 0.455. The highest BCUT2D eigenvalue weighted by Crippen LogP contribution is 2.33. The Morgan fingerprint density at radius 2 is 1.94 bits per heavy atom. The third-order valence-corrected chi connectivity index (χ3v) is 3.03. The van der Waals surface area contributed by atoms with E-state index in [1.165, 1.54) is 0 Å². The zero-order valence-electron chi connectivity index (χ0n) is 9.03. The van der Waals surface area contributed by atoms with Crippen LogP contribution >= 0.6 is 39.1 Å². The first-order chi connectivity index (χ1) is 7.65. The van der Waals surface area contributed by atoms with Gasteiger partial charge in [-0.1, -0.05) is 39.1 Å². The normalized spacial score (nSPS) is 10.5. The van der Waals surface area contributed by atoms with Crippen LogP contribution in [0.3, 0.4) is 0 Å². The van der Waals surface area contributed by atoms with Crippen LogP contribution in [-0.4, -0.2) is 19.8 Å². The molecule has 1 N–H and O–H groups in total. The summed E-state index contributed by atoms with van der Waals surface area (Å²) in [4.78, 5) is 0. The van der Waals surface area contributed by atoms with Gasteiger partial charge in [-0.2, -0.15) is 0 Å². The number of nitrogens with one attached hydrogen (secondary N) is 1. The Morgan fingerprint density at radius 3 is 2.50 bits per heavy atom. The van der Waals surface area contributed by atoms with Crippen molar-refractivity contribution in [2.45, 2.75) is 13.3 Å². The maximum absolute atomic E-state index is 6.07. The maximum Gasteiger partial charge on any atom is 0.0719 e. The van der Waals surface area contributed by atoms with Crippen molar-refractivity contribution in [3.63, 3.8) is 0 Å². The zero-order valence-corrected chi connectivity index (χ0v) is 12.1. The fourth-order valence-electron chi connectivity index (χ4n) is 1.24. The highest BCUT2D eigenvalue weighted by atomic mass is 79.9. The van der Waals surface area contributed by atoms with Crippen LogP contribution in [0.25, 0.3) is 0 Å². The molecule has 0 spiro atoms. The molecular weight excluding hydrogens is 313 g/mol. The Bertz CT molecular complexity index is 324. The van der Waals surface area contributed by atoms with Crippen molar-refractivity contribution >= 4 is 44.8 Å². The smallest absolute Gasteiger partial charge is 0.0719 e. The molecule has 0 aliphatic heterocycles. The molecule has 0 aromatic heterocycles. The van der Waals surface area contributed by atoms with Crippen LogP contribution in [0.5, 0.6) is 0 Å². The fourth-order valence-corrected chi connectivity index (χ4v) is 2.59. The van der Waals surface area contributed by atoms with Gasteiger partial charge in [-0.3, -0.25) is 0 Å². The van der Waals surface area contributed by atoms with E-state index in [0.717, 1.165) is 36.3 Å². The molecule has 0 saturated carbocycles. The minimum atomic E-state index is 0.621. The average molecular weight is 327 g/mol. The molecule has 1 rings (SSSR count). The standard InChI is InChI=1S/C11H14BrCl2NO/c1-2-16-5-3-4-15-11-9(13)6-8(12)7-10(11)14/h6-7,15H,2-5H2,1H3. The molecule has 0 atom stereocenters. The minimum Gasteiger partial charge on any atom is -0.383 e. The summed E-state index contributed by atoms with van der Waals surface area (Å²) in [6.07, 6.45) is 0.927. The Morgan fingerprint density at radius 1 is 1.31 bits per heavy atom. The zero-order chi connectivity index (χ0) is 12.0. The van der Waals surface area contributed by atoms with Gasteiger partial charge in [0.2, 0.25) is 0 Å². The Kier molecular flexibility index (Phi) is 6.51. The van der Waals surface area contributed by atoms with E-state index in [1.807, 2.05) is 19.1 Å². The molecule has 5 heteroatoms. The molecule has 0 amide bonds. The molecule has 0 aliphatic rings. The van der Waals surface area contributed by atoms with Gasteiger partial charge in [-0.25, -0.2) is 0 Å². The summed E-state index contributed by atoms with van der Waals surface area (Å²) >= 11 is 15.5. The predicted octanol–water partition coefficient (Wildman–Crippen LogP) is 4.59. The van der Waals surface area contributed by atoms with E-state index < -0.39 is 0 Å². The molecule has 0 radical (unpaired) electrons. The third kappa shape index (κ3) is 4.50. The summed E-state index contributed by atoms with van der Waals surface area (Å²) < 4.78 is 6.11. The Balaban J connectivity index is 2.47. The molecule has 90 valence electrons. The van der Waals surface area contributed by atoms with Crippen molar-refractivity contribution < 1.29 is 4.74 Å². The van der Waals surface area contributed by atoms with Gasteiger partial charge >= 0.3 is 0 Å². The van der Waals surface area contributed by atoms with Crippen LogP contribution in [0.4, 0.5) is 5.69 Å². The summed E-state index contributed by atoms with van der Waals surface area (Å²) in [6.45, 7) is 4.27. The van der Waals surface area contributed by atoms with Crippen LogP contribution < -0.4 is 5.32 Å². The molecule has 16 heavy (non-hydrogen) atoms. The van der Waals surface area contributed by atoms with Crippen LogP contribution in [0, 0.1) is 0 Å². The number of anilines is 1. The van der Waals surface area contributed by atoms with E-state index >= 15 is 0 Å². The minimum absolute atomic E-state index is 0.621. The molecule has 0 heterocycles. The molecule has 0 fully saturated rings. The number of hydrogen-bond donors (Lipinski definition) is 1. The molecule has 1 aromatic rings. The highest BCUT2D eigenvalue weighted by molar-refractivity contribution is 9.10. The van der Waals surface area contributed by atoms with Gasteiger partial charge in [0, 0.05) is 24.2 Å². The van der Waals surface area contributed by atoms with Crippen molar-refractivity contribution in [1.82, 2.24) is 0 Å². The van der Waals surface area contributed by atoms with Gasteiger partial charge in [0.1, 0.15) is 0 Å². The van der Waals surface area contributed by atoms with Crippen molar-refractivity contribution in [1.29, 1.82) is 0 Å². The van der Waals surface area contributed by atoms with E-state index in [1.54, 1.807) is 0 Å². The first kappa shape index (κ1) is 14.1. The van der Waals surface area contributed by atoms with Crippen LogP contribution in [0.1, 0.15) is 13.3 Å². The second kappa shape index (κ2) is 7.38. The first-order valence-electron chi connectivity index (χ1n) is 5.11. The summed E-state index contributed by atoms with van der Waals surface area (Å²) in [6, 6.07) is 3.64. The van der Waals surface area contributed by atoms with E-state index in [-0.39, 0.29) is 0 Å². The molecule has 0 saturated heterocycles. The van der Waals surface area contributed by atoms with Crippen LogP contribution in [0.2, 0.25) is 10.0 Å². The highest BCUT2D eigenvalue weighted by Gasteiger charge is 2.06. The molecule has 0 aliphatic carbocycles. The summed E-state index contributed by atoms with van der Waals surface area (Å²) in [5.74, 6) is 0. The lowest BCUT2D eigenvalue weighted by Crippen LogP contribution is -2.06. The lowest BCUT2D eigenvalue weighted by atomic mass is 10.3. The van der Waals surface area contributed by atoms with Crippen molar-refractivity contribution in [3.8, 4) is 0 Å². The van der Waals surface area contributed by atoms with Gasteiger partial charge in [0.05, 0.1) is 15.7 Å². The molecule has 1 aromatic carbocycles. The average Bonchev–Trinajstić information content (AvgIpc) is 2.20. The van der Waals surface area contributed by atoms with Crippen LogP contribution in [-0.2, 0) is 4.74 Å². The SMILES string of the molecule is CCOCCCNc1c(Cl)cc(Br)cc1Cl. The summed E-state index contributed by atoms with van der Waals surface area (Å²) in [5.41, 5.74) is 0.781. The monoisotopic (exact) mass is 325 g/mol. The number of benzene rings is 1. The van der Waals surface area contributed by atoms with E-state index in [2.05, 4.69) is 21.2 Å². The Hall–Kier alpha value is 0.0400. The van der Waals surface area contributed by atoms with E-state index in [4.69, 9.17) is 27.9 Å². The number of ether oxygens (including phenoxy) is 1. The van der Waals surface area contributed by atoms with E-state index in [0.29, 0.717) is 10.0 Å². The van der Waals surface area contributed by atoms with Crippen molar-refractivity contribution in [2.24, 2.45) is 0 Å². The van der Waals surface area contributed by atoms with Gasteiger partial charge in [-0.15, -0.1) is 0 Å². The van der Waals surface area contributed by atoms with Gasteiger partial charge in [-0.05, 0) is 25.5 Å². The van der Waals surface area contributed by atoms with Gasteiger partial charge < -0.3 is 10.1 Å².